The minimum Gasteiger partial charge on any atom is -0.387 e. The van der Waals surface area contributed by atoms with Gasteiger partial charge in [-0.2, -0.15) is 0 Å². The zero-order valence-electron chi connectivity index (χ0n) is 8.78. The highest BCUT2D eigenvalue weighted by atomic mass is 79.9. The fourth-order valence-corrected chi connectivity index (χ4v) is 1.33. The van der Waals surface area contributed by atoms with Crippen LogP contribution >= 0.6 is 15.9 Å². The first-order chi connectivity index (χ1) is 7.50. The molecular formula is C11H13BrFNO2. The van der Waals surface area contributed by atoms with Crippen molar-refractivity contribution >= 4 is 21.8 Å². The van der Waals surface area contributed by atoms with Crippen LogP contribution in [0.25, 0.3) is 0 Å². The first kappa shape index (κ1) is 13.1. The van der Waals surface area contributed by atoms with Gasteiger partial charge in [0.15, 0.2) is 0 Å². The molecule has 0 spiro atoms. The topological polar surface area (TPSA) is 49.3 Å². The average molecular weight is 290 g/mol. The lowest BCUT2D eigenvalue weighted by Crippen LogP contribution is -2.32. The zero-order chi connectivity index (χ0) is 12.1. The second kappa shape index (κ2) is 5.96. The summed E-state index contributed by atoms with van der Waals surface area (Å²) in [4.78, 5) is 10.9. The van der Waals surface area contributed by atoms with Crippen LogP contribution in [0.3, 0.4) is 0 Å². The van der Waals surface area contributed by atoms with Gasteiger partial charge in [-0.05, 0) is 24.6 Å². The molecule has 0 saturated carbocycles. The highest BCUT2D eigenvalue weighted by Gasteiger charge is 2.12. The Morgan fingerprint density at radius 3 is 2.88 bits per heavy atom. The van der Waals surface area contributed by atoms with Gasteiger partial charge < -0.3 is 10.4 Å². The number of hydrogen-bond donors (Lipinski definition) is 2. The van der Waals surface area contributed by atoms with E-state index in [2.05, 4.69) is 21.2 Å². The monoisotopic (exact) mass is 289 g/mol. The predicted octanol–water partition coefficient (Wildman–Crippen LogP) is 1.76. The molecule has 2 unspecified atom stereocenters. The number of carbonyl (C=O) groups excluding carboxylic acids is 1. The Kier molecular flexibility index (Phi) is 4.89. The van der Waals surface area contributed by atoms with Crippen molar-refractivity contribution in [2.45, 2.75) is 17.9 Å². The number of hydrogen-bond acceptors (Lipinski definition) is 2. The Balaban J connectivity index is 2.53. The summed E-state index contributed by atoms with van der Waals surface area (Å²) in [5.41, 5.74) is 0.447. The molecule has 3 nitrogen and oxygen atoms in total. The second-order valence-electron chi connectivity index (χ2n) is 3.43. The van der Waals surface area contributed by atoms with Crippen molar-refractivity contribution in [3.8, 4) is 0 Å². The largest absolute Gasteiger partial charge is 0.387 e. The summed E-state index contributed by atoms with van der Waals surface area (Å²) in [5, 5.41) is 12.2. The predicted molar refractivity (Wildman–Crippen MR) is 62.8 cm³/mol. The molecule has 2 atom stereocenters. The highest BCUT2D eigenvalue weighted by Crippen LogP contribution is 2.13. The van der Waals surface area contributed by atoms with Crippen LogP contribution in [0.2, 0.25) is 0 Å². The maximum Gasteiger partial charge on any atom is 0.233 e. The molecule has 0 aliphatic carbocycles. The van der Waals surface area contributed by atoms with Crippen LogP contribution in [0.1, 0.15) is 18.6 Å². The summed E-state index contributed by atoms with van der Waals surface area (Å²) in [6, 6.07) is 5.67. The van der Waals surface area contributed by atoms with Gasteiger partial charge in [0.1, 0.15) is 5.82 Å². The van der Waals surface area contributed by atoms with Crippen molar-refractivity contribution in [3.63, 3.8) is 0 Å². The minimum atomic E-state index is -0.897. The van der Waals surface area contributed by atoms with Crippen LogP contribution in [0.15, 0.2) is 24.3 Å². The molecule has 0 saturated heterocycles. The van der Waals surface area contributed by atoms with E-state index < -0.39 is 11.9 Å². The molecule has 1 aromatic carbocycles. The van der Waals surface area contributed by atoms with Gasteiger partial charge in [-0.1, -0.05) is 28.1 Å². The molecule has 1 amide bonds. The third kappa shape index (κ3) is 3.90. The molecule has 0 aromatic heterocycles. The molecule has 1 rings (SSSR count). The van der Waals surface area contributed by atoms with Gasteiger partial charge >= 0.3 is 0 Å². The van der Waals surface area contributed by atoms with Crippen molar-refractivity contribution in [2.75, 3.05) is 6.54 Å². The summed E-state index contributed by atoms with van der Waals surface area (Å²) >= 11 is 3.10. The Morgan fingerprint density at radius 2 is 2.31 bits per heavy atom. The average Bonchev–Trinajstić information content (AvgIpc) is 2.25. The Morgan fingerprint density at radius 1 is 1.62 bits per heavy atom. The van der Waals surface area contributed by atoms with Crippen molar-refractivity contribution in [2.24, 2.45) is 0 Å². The van der Waals surface area contributed by atoms with Gasteiger partial charge in [-0.25, -0.2) is 4.39 Å². The lowest BCUT2D eigenvalue weighted by molar-refractivity contribution is -0.120. The molecule has 0 aliphatic heterocycles. The van der Waals surface area contributed by atoms with Crippen molar-refractivity contribution < 1.29 is 14.3 Å². The van der Waals surface area contributed by atoms with Gasteiger partial charge in [-0.3, -0.25) is 4.79 Å². The lowest BCUT2D eigenvalue weighted by Gasteiger charge is -2.13. The van der Waals surface area contributed by atoms with Crippen LogP contribution in [0, 0.1) is 5.82 Å². The van der Waals surface area contributed by atoms with Crippen LogP contribution in [-0.2, 0) is 4.79 Å². The Bertz CT molecular complexity index is 371. The van der Waals surface area contributed by atoms with E-state index in [0.717, 1.165) is 0 Å². The molecule has 5 heteroatoms. The molecule has 0 fully saturated rings. The quantitative estimate of drug-likeness (QED) is 0.830. The minimum absolute atomic E-state index is 0.0677. The van der Waals surface area contributed by atoms with Gasteiger partial charge in [0.25, 0.3) is 0 Å². The van der Waals surface area contributed by atoms with E-state index in [9.17, 15) is 14.3 Å². The number of aliphatic hydroxyl groups is 1. The van der Waals surface area contributed by atoms with E-state index in [4.69, 9.17) is 0 Å². The van der Waals surface area contributed by atoms with E-state index in [1.54, 1.807) is 13.0 Å². The van der Waals surface area contributed by atoms with Crippen LogP contribution < -0.4 is 5.32 Å². The van der Waals surface area contributed by atoms with Crippen molar-refractivity contribution in [1.29, 1.82) is 0 Å². The Labute approximate surface area is 102 Å². The van der Waals surface area contributed by atoms with E-state index in [0.29, 0.717) is 5.56 Å². The molecule has 0 aliphatic rings. The van der Waals surface area contributed by atoms with Crippen LogP contribution in [-0.4, -0.2) is 22.4 Å². The number of alkyl halides is 1. The Hall–Kier alpha value is -0.940. The van der Waals surface area contributed by atoms with Gasteiger partial charge in [0, 0.05) is 6.54 Å². The van der Waals surface area contributed by atoms with Crippen LogP contribution in [0.5, 0.6) is 0 Å². The second-order valence-corrected chi connectivity index (χ2v) is 4.81. The number of aliphatic hydroxyl groups excluding tert-OH is 1. The number of rotatable bonds is 4. The zero-order valence-corrected chi connectivity index (χ0v) is 10.4. The van der Waals surface area contributed by atoms with Crippen molar-refractivity contribution in [1.82, 2.24) is 5.32 Å². The molecule has 16 heavy (non-hydrogen) atoms. The number of nitrogens with one attached hydrogen (secondary N) is 1. The molecule has 88 valence electrons. The maximum absolute atomic E-state index is 12.8. The number of amides is 1. The van der Waals surface area contributed by atoms with Gasteiger partial charge in [-0.15, -0.1) is 0 Å². The fourth-order valence-electron chi connectivity index (χ4n) is 1.17. The van der Waals surface area contributed by atoms with E-state index in [-0.39, 0.29) is 17.3 Å². The first-order valence-electron chi connectivity index (χ1n) is 4.86. The fraction of sp³-hybridized carbons (Fsp3) is 0.364. The van der Waals surface area contributed by atoms with Gasteiger partial charge in [0.05, 0.1) is 10.9 Å². The molecule has 0 radical (unpaired) electrons. The molecule has 0 bridgehead atoms. The molecule has 0 heterocycles. The molecule has 1 aromatic rings. The summed E-state index contributed by atoms with van der Waals surface area (Å²) < 4.78 is 12.8. The maximum atomic E-state index is 12.8. The normalized spacial score (nSPS) is 14.2. The first-order valence-corrected chi connectivity index (χ1v) is 5.77. The van der Waals surface area contributed by atoms with Gasteiger partial charge in [0.2, 0.25) is 5.91 Å². The summed E-state index contributed by atoms with van der Waals surface area (Å²) in [6.07, 6.45) is -0.897. The summed E-state index contributed by atoms with van der Waals surface area (Å²) in [5.74, 6) is -0.618. The lowest BCUT2D eigenvalue weighted by atomic mass is 10.1. The van der Waals surface area contributed by atoms with E-state index >= 15 is 0 Å². The number of benzene rings is 1. The van der Waals surface area contributed by atoms with E-state index in [1.165, 1.54) is 18.2 Å². The smallest absolute Gasteiger partial charge is 0.233 e. The van der Waals surface area contributed by atoms with Crippen molar-refractivity contribution in [3.05, 3.63) is 35.6 Å². The summed E-state index contributed by atoms with van der Waals surface area (Å²) in [6.45, 7) is 1.75. The molecule has 2 N–H and O–H groups in total. The SMILES string of the molecule is CC(Br)C(=O)NCC(O)c1cccc(F)c1. The highest BCUT2D eigenvalue weighted by molar-refractivity contribution is 9.10. The van der Waals surface area contributed by atoms with Crippen LogP contribution in [0.4, 0.5) is 4.39 Å². The number of halogens is 2. The van der Waals surface area contributed by atoms with E-state index in [1.807, 2.05) is 0 Å². The summed E-state index contributed by atoms with van der Waals surface area (Å²) in [7, 11) is 0. The molecular weight excluding hydrogens is 277 g/mol. The number of carbonyl (C=O) groups is 1. The third-order valence-corrected chi connectivity index (χ3v) is 2.48. The third-order valence-electron chi connectivity index (χ3n) is 2.06. The standard InChI is InChI=1S/C11H13BrFNO2/c1-7(12)11(16)14-6-10(15)8-3-2-4-9(13)5-8/h2-5,7,10,15H,6H2,1H3,(H,14,16).